The van der Waals surface area contributed by atoms with Crippen molar-refractivity contribution in [1.82, 2.24) is 4.90 Å². The monoisotopic (exact) mass is 304 g/mol. The van der Waals surface area contributed by atoms with Gasteiger partial charge in [-0.3, -0.25) is 9.59 Å². The third-order valence-electron chi connectivity index (χ3n) is 4.79. The predicted molar refractivity (Wildman–Crippen MR) is 81.9 cm³/mol. The minimum Gasteiger partial charge on any atom is -0.329 e. The molecule has 0 N–H and O–H groups in total. The smallest absolute Gasteiger partial charge is 0.249 e. The largest absolute Gasteiger partial charge is 0.329 e. The number of piperazine rings is 1. The molecule has 118 valence electrons. The number of hydrogen-bond donors (Lipinski definition) is 0. The number of halogens is 1. The molecule has 4 nitrogen and oxygen atoms in total. The number of nitrogens with zero attached hydrogens (tertiary/aromatic N) is 2. The van der Waals surface area contributed by atoms with Crippen LogP contribution in [0, 0.1) is 11.7 Å². The zero-order valence-electron chi connectivity index (χ0n) is 12.8. The second-order valence-electron chi connectivity index (χ2n) is 6.13. The summed E-state index contributed by atoms with van der Waals surface area (Å²) in [6, 6.07) is 5.75. The zero-order chi connectivity index (χ0) is 15.7. The molecule has 0 spiro atoms. The maximum atomic E-state index is 13.9. The summed E-state index contributed by atoms with van der Waals surface area (Å²) in [7, 11) is 0. The lowest BCUT2D eigenvalue weighted by atomic mass is 10.0. The molecule has 0 radical (unpaired) electrons. The predicted octanol–water partition coefficient (Wildman–Crippen LogP) is 2.58. The van der Waals surface area contributed by atoms with Gasteiger partial charge in [0.05, 0.1) is 5.69 Å². The molecule has 0 bridgehead atoms. The molecule has 1 atom stereocenters. The number of carbonyl (C=O) groups is 2. The standard InChI is InChI=1S/C17H21FN2O2/c1-12-16(21)20(15-9-5-4-8-14(15)18)11-10-19(12)17(22)13-6-2-3-7-13/h4-5,8-9,12-13H,2-3,6-7,10-11H2,1H3. The van der Waals surface area contributed by atoms with Crippen LogP contribution in [0.5, 0.6) is 0 Å². The number of rotatable bonds is 2. The van der Waals surface area contributed by atoms with Crippen molar-refractivity contribution >= 4 is 17.5 Å². The summed E-state index contributed by atoms with van der Waals surface area (Å²) in [5.41, 5.74) is 0.298. The van der Waals surface area contributed by atoms with Gasteiger partial charge >= 0.3 is 0 Å². The first-order valence-corrected chi connectivity index (χ1v) is 7.96. The fourth-order valence-electron chi connectivity index (χ4n) is 3.49. The zero-order valence-corrected chi connectivity index (χ0v) is 12.8. The van der Waals surface area contributed by atoms with Crippen LogP contribution in [-0.2, 0) is 9.59 Å². The highest BCUT2D eigenvalue weighted by atomic mass is 19.1. The molecule has 2 fully saturated rings. The van der Waals surface area contributed by atoms with Crippen molar-refractivity contribution in [3.05, 3.63) is 30.1 Å². The topological polar surface area (TPSA) is 40.6 Å². The van der Waals surface area contributed by atoms with Crippen molar-refractivity contribution in [3.63, 3.8) is 0 Å². The van der Waals surface area contributed by atoms with E-state index >= 15 is 0 Å². The van der Waals surface area contributed by atoms with E-state index in [1.54, 1.807) is 30.0 Å². The molecule has 1 aromatic rings. The van der Waals surface area contributed by atoms with Crippen LogP contribution in [0.4, 0.5) is 10.1 Å². The number of amides is 2. The average molecular weight is 304 g/mol. The number of para-hydroxylation sites is 1. The van der Waals surface area contributed by atoms with Crippen LogP contribution < -0.4 is 4.90 Å². The molecule has 1 saturated heterocycles. The third-order valence-corrected chi connectivity index (χ3v) is 4.79. The van der Waals surface area contributed by atoms with Crippen molar-refractivity contribution in [3.8, 4) is 0 Å². The van der Waals surface area contributed by atoms with Crippen molar-refractivity contribution in [2.24, 2.45) is 5.92 Å². The van der Waals surface area contributed by atoms with E-state index in [0.717, 1.165) is 25.7 Å². The highest BCUT2D eigenvalue weighted by Gasteiger charge is 2.38. The van der Waals surface area contributed by atoms with Gasteiger partial charge in [0.1, 0.15) is 11.9 Å². The molecular weight excluding hydrogens is 283 g/mol. The Morgan fingerprint density at radius 3 is 2.55 bits per heavy atom. The average Bonchev–Trinajstić information content (AvgIpc) is 3.05. The number of benzene rings is 1. The van der Waals surface area contributed by atoms with Crippen LogP contribution in [0.2, 0.25) is 0 Å². The summed E-state index contributed by atoms with van der Waals surface area (Å²) in [4.78, 5) is 28.3. The number of hydrogen-bond acceptors (Lipinski definition) is 2. The first kappa shape index (κ1) is 15.0. The summed E-state index contributed by atoms with van der Waals surface area (Å²) in [5.74, 6) is -0.455. The van der Waals surface area contributed by atoms with Crippen LogP contribution in [0.15, 0.2) is 24.3 Å². The van der Waals surface area contributed by atoms with Crippen LogP contribution in [0.3, 0.4) is 0 Å². The number of carbonyl (C=O) groups excluding carboxylic acids is 2. The summed E-state index contributed by atoms with van der Waals surface area (Å²) in [6.45, 7) is 2.56. The summed E-state index contributed by atoms with van der Waals surface area (Å²) in [6.07, 6.45) is 4.03. The van der Waals surface area contributed by atoms with Gasteiger partial charge in [-0.05, 0) is 31.9 Å². The SMILES string of the molecule is CC1C(=O)N(c2ccccc2F)CCN1C(=O)C1CCCC1. The van der Waals surface area contributed by atoms with E-state index in [1.165, 1.54) is 11.0 Å². The summed E-state index contributed by atoms with van der Waals surface area (Å²) >= 11 is 0. The summed E-state index contributed by atoms with van der Waals surface area (Å²) < 4.78 is 13.9. The van der Waals surface area contributed by atoms with Crippen molar-refractivity contribution < 1.29 is 14.0 Å². The molecule has 5 heteroatoms. The maximum Gasteiger partial charge on any atom is 0.249 e. The molecule has 0 aromatic heterocycles. The van der Waals surface area contributed by atoms with Crippen LogP contribution in [0.25, 0.3) is 0 Å². The molecule has 2 aliphatic rings. The molecule has 22 heavy (non-hydrogen) atoms. The molecule has 3 rings (SSSR count). The van der Waals surface area contributed by atoms with E-state index in [9.17, 15) is 14.0 Å². The second-order valence-corrected chi connectivity index (χ2v) is 6.13. The Morgan fingerprint density at radius 2 is 1.86 bits per heavy atom. The number of anilines is 1. The van der Waals surface area contributed by atoms with Crippen molar-refractivity contribution in [1.29, 1.82) is 0 Å². The van der Waals surface area contributed by atoms with Gasteiger partial charge in [-0.15, -0.1) is 0 Å². The fraction of sp³-hybridized carbons (Fsp3) is 0.529. The normalized spacial score (nSPS) is 23.2. The van der Waals surface area contributed by atoms with Gasteiger partial charge in [0, 0.05) is 19.0 Å². The highest BCUT2D eigenvalue weighted by Crippen LogP contribution is 2.29. The second kappa shape index (κ2) is 6.07. The van der Waals surface area contributed by atoms with E-state index in [0.29, 0.717) is 18.8 Å². The van der Waals surface area contributed by atoms with Gasteiger partial charge in [0.25, 0.3) is 0 Å². The molecule has 1 aliphatic heterocycles. The van der Waals surface area contributed by atoms with E-state index in [2.05, 4.69) is 0 Å². The molecule has 2 amide bonds. The molecule has 1 aromatic carbocycles. The van der Waals surface area contributed by atoms with Crippen LogP contribution in [-0.4, -0.2) is 35.8 Å². The lowest BCUT2D eigenvalue weighted by Crippen LogP contribution is -2.58. The van der Waals surface area contributed by atoms with E-state index in [1.807, 2.05) is 0 Å². The van der Waals surface area contributed by atoms with Gasteiger partial charge in [-0.2, -0.15) is 0 Å². The van der Waals surface area contributed by atoms with E-state index in [-0.39, 0.29) is 17.7 Å². The van der Waals surface area contributed by atoms with E-state index in [4.69, 9.17) is 0 Å². The van der Waals surface area contributed by atoms with E-state index < -0.39 is 11.9 Å². The quantitative estimate of drug-likeness (QED) is 0.842. The van der Waals surface area contributed by atoms with Crippen molar-refractivity contribution in [2.45, 2.75) is 38.6 Å². The molecular formula is C17H21FN2O2. The first-order chi connectivity index (χ1) is 10.6. The van der Waals surface area contributed by atoms with Gasteiger partial charge < -0.3 is 9.80 Å². The Kier molecular flexibility index (Phi) is 4.14. The summed E-state index contributed by atoms with van der Waals surface area (Å²) in [5, 5.41) is 0. The Morgan fingerprint density at radius 1 is 1.18 bits per heavy atom. The van der Waals surface area contributed by atoms with Gasteiger partial charge in [-0.1, -0.05) is 25.0 Å². The Balaban J connectivity index is 1.76. The van der Waals surface area contributed by atoms with Gasteiger partial charge in [0.2, 0.25) is 11.8 Å². The minimum atomic E-state index is -0.526. The minimum absolute atomic E-state index is 0.0651. The third kappa shape index (κ3) is 2.60. The van der Waals surface area contributed by atoms with Crippen molar-refractivity contribution in [2.75, 3.05) is 18.0 Å². The molecule has 1 saturated carbocycles. The lowest BCUT2D eigenvalue weighted by Gasteiger charge is -2.40. The molecule has 1 heterocycles. The first-order valence-electron chi connectivity index (χ1n) is 7.96. The molecule has 1 unspecified atom stereocenters. The van der Waals surface area contributed by atoms with Gasteiger partial charge in [-0.25, -0.2) is 4.39 Å². The Bertz CT molecular complexity index is 584. The maximum absolute atomic E-state index is 13.9. The van der Waals surface area contributed by atoms with Crippen LogP contribution in [0.1, 0.15) is 32.6 Å². The van der Waals surface area contributed by atoms with Gasteiger partial charge in [0.15, 0.2) is 0 Å². The highest BCUT2D eigenvalue weighted by molar-refractivity contribution is 6.00. The molecule has 1 aliphatic carbocycles. The Labute approximate surface area is 129 Å². The Hall–Kier alpha value is -1.91. The lowest BCUT2D eigenvalue weighted by molar-refractivity contribution is -0.143. The fourth-order valence-corrected chi connectivity index (χ4v) is 3.49. The van der Waals surface area contributed by atoms with Crippen LogP contribution >= 0.6 is 0 Å².